The number of hydrogen-bond donors (Lipinski definition) is 1. The first kappa shape index (κ1) is 15.1. The van der Waals surface area contributed by atoms with E-state index in [9.17, 15) is 4.79 Å². The molecule has 0 atom stereocenters. The van der Waals surface area contributed by atoms with E-state index >= 15 is 0 Å². The number of aromatic nitrogens is 2. The zero-order valence-electron chi connectivity index (χ0n) is 12.6. The normalized spacial score (nSPS) is 10.6. The van der Waals surface area contributed by atoms with E-state index in [-0.39, 0.29) is 5.97 Å². The Morgan fingerprint density at radius 1 is 1.52 bits per heavy atom. The molecular formula is C16H21N3O2. The van der Waals surface area contributed by atoms with Gasteiger partial charge in [0.15, 0.2) is 0 Å². The third-order valence-corrected chi connectivity index (χ3v) is 3.31. The summed E-state index contributed by atoms with van der Waals surface area (Å²) in [5.74, 6) is 0.459. The van der Waals surface area contributed by atoms with Crippen LogP contribution in [0.15, 0.2) is 30.9 Å². The summed E-state index contributed by atoms with van der Waals surface area (Å²) in [5, 5.41) is 3.24. The highest BCUT2D eigenvalue weighted by Crippen LogP contribution is 2.22. The number of aryl methyl sites for hydroxylation is 1. The van der Waals surface area contributed by atoms with Crippen molar-refractivity contribution < 1.29 is 9.53 Å². The molecule has 1 heterocycles. The number of anilines is 1. The number of carbonyl (C=O) groups is 1. The maximum absolute atomic E-state index is 11.6. The van der Waals surface area contributed by atoms with Crippen molar-refractivity contribution in [1.82, 2.24) is 9.55 Å². The van der Waals surface area contributed by atoms with Crippen molar-refractivity contribution in [3.8, 4) is 0 Å². The van der Waals surface area contributed by atoms with Crippen LogP contribution in [0.1, 0.15) is 30.1 Å². The number of benzene rings is 1. The number of unbranched alkanes of at least 4 members (excludes halogenated alkanes) is 1. The fourth-order valence-electron chi connectivity index (χ4n) is 2.22. The van der Waals surface area contributed by atoms with Gasteiger partial charge in [0.1, 0.15) is 0 Å². The maximum Gasteiger partial charge on any atom is 0.337 e. The van der Waals surface area contributed by atoms with Crippen LogP contribution in [0.3, 0.4) is 0 Å². The van der Waals surface area contributed by atoms with Crippen LogP contribution in [0, 0.1) is 0 Å². The first-order valence-corrected chi connectivity index (χ1v) is 7.14. The Balaban J connectivity index is 2.44. The van der Waals surface area contributed by atoms with Crippen molar-refractivity contribution in [2.24, 2.45) is 0 Å². The first-order chi connectivity index (χ1) is 10.2. The van der Waals surface area contributed by atoms with Gasteiger partial charge in [0.25, 0.3) is 0 Å². The number of nitrogens with zero attached hydrogens (tertiary/aromatic N) is 2. The number of esters is 1. The molecule has 5 nitrogen and oxygen atoms in total. The van der Waals surface area contributed by atoms with E-state index in [4.69, 9.17) is 4.74 Å². The number of hydrogen-bond acceptors (Lipinski definition) is 4. The van der Waals surface area contributed by atoms with Gasteiger partial charge in [-0.05, 0) is 24.6 Å². The highest BCUT2D eigenvalue weighted by atomic mass is 16.5. The Morgan fingerprint density at radius 2 is 2.33 bits per heavy atom. The van der Waals surface area contributed by atoms with Crippen LogP contribution in [0.25, 0.3) is 11.0 Å². The van der Waals surface area contributed by atoms with Crippen molar-refractivity contribution in [2.75, 3.05) is 19.0 Å². The molecule has 2 rings (SSSR count). The smallest absolute Gasteiger partial charge is 0.337 e. The summed E-state index contributed by atoms with van der Waals surface area (Å²) >= 11 is 0. The van der Waals surface area contributed by atoms with Gasteiger partial charge in [-0.25, -0.2) is 9.78 Å². The summed E-state index contributed by atoms with van der Waals surface area (Å²) < 4.78 is 6.89. The van der Waals surface area contributed by atoms with Crippen LogP contribution in [0.4, 0.5) is 5.95 Å². The van der Waals surface area contributed by atoms with Gasteiger partial charge in [-0.3, -0.25) is 0 Å². The minimum atomic E-state index is -0.347. The molecule has 0 aliphatic carbocycles. The average molecular weight is 287 g/mol. The summed E-state index contributed by atoms with van der Waals surface area (Å²) in [6.07, 6.45) is 3.98. The molecule has 0 fully saturated rings. The number of carbonyl (C=O) groups excluding carboxylic acids is 1. The van der Waals surface area contributed by atoms with Crippen LogP contribution in [0.2, 0.25) is 0 Å². The van der Waals surface area contributed by atoms with E-state index in [1.54, 1.807) is 18.2 Å². The lowest BCUT2D eigenvalue weighted by atomic mass is 10.2. The first-order valence-electron chi connectivity index (χ1n) is 7.14. The highest BCUT2D eigenvalue weighted by Gasteiger charge is 2.13. The van der Waals surface area contributed by atoms with Gasteiger partial charge in [0.05, 0.1) is 23.7 Å². The Hall–Kier alpha value is -2.30. The highest BCUT2D eigenvalue weighted by molar-refractivity contribution is 5.94. The summed E-state index contributed by atoms with van der Waals surface area (Å²) in [6.45, 7) is 7.41. The van der Waals surface area contributed by atoms with Gasteiger partial charge < -0.3 is 14.6 Å². The SMILES string of the molecule is C=CCNc1nc2cc(C(=O)OC)ccc2n1CCCC. The second-order valence-corrected chi connectivity index (χ2v) is 4.81. The molecular weight excluding hydrogens is 266 g/mol. The second-order valence-electron chi connectivity index (χ2n) is 4.81. The van der Waals surface area contributed by atoms with Gasteiger partial charge in [-0.15, -0.1) is 6.58 Å². The molecule has 0 unspecified atom stereocenters. The standard InChI is InChI=1S/C16H21N3O2/c1-4-6-10-19-14-8-7-12(15(20)21-3)11-13(14)18-16(19)17-9-5-2/h5,7-8,11H,2,4,6,9-10H2,1,3H3,(H,17,18). The van der Waals surface area contributed by atoms with Gasteiger partial charge in [0, 0.05) is 13.1 Å². The molecule has 112 valence electrons. The predicted molar refractivity (Wildman–Crippen MR) is 84.7 cm³/mol. The average Bonchev–Trinajstić information content (AvgIpc) is 2.86. The molecule has 0 aliphatic rings. The van der Waals surface area contributed by atoms with E-state index < -0.39 is 0 Å². The fraction of sp³-hybridized carbons (Fsp3) is 0.375. The minimum Gasteiger partial charge on any atom is -0.465 e. The van der Waals surface area contributed by atoms with E-state index in [1.807, 2.05) is 6.07 Å². The van der Waals surface area contributed by atoms with E-state index in [2.05, 4.69) is 28.4 Å². The van der Waals surface area contributed by atoms with E-state index in [0.717, 1.165) is 36.4 Å². The molecule has 0 radical (unpaired) electrons. The summed E-state index contributed by atoms with van der Waals surface area (Å²) in [7, 11) is 1.38. The number of imidazole rings is 1. The molecule has 1 aromatic heterocycles. The van der Waals surface area contributed by atoms with Crippen molar-refractivity contribution in [2.45, 2.75) is 26.3 Å². The second kappa shape index (κ2) is 6.92. The van der Waals surface area contributed by atoms with Crippen LogP contribution in [-0.2, 0) is 11.3 Å². The molecule has 0 saturated heterocycles. The Morgan fingerprint density at radius 3 is 3.00 bits per heavy atom. The quantitative estimate of drug-likeness (QED) is 0.627. The summed E-state index contributed by atoms with van der Waals surface area (Å²) in [4.78, 5) is 16.2. The van der Waals surface area contributed by atoms with Crippen molar-refractivity contribution >= 4 is 23.0 Å². The maximum atomic E-state index is 11.6. The molecule has 0 spiro atoms. The number of methoxy groups -OCH3 is 1. The number of rotatable bonds is 7. The number of fused-ring (bicyclic) bond motifs is 1. The molecule has 0 bridgehead atoms. The largest absolute Gasteiger partial charge is 0.465 e. The zero-order chi connectivity index (χ0) is 15.2. The third-order valence-electron chi connectivity index (χ3n) is 3.31. The van der Waals surface area contributed by atoms with E-state index in [0.29, 0.717) is 12.1 Å². The van der Waals surface area contributed by atoms with Crippen molar-refractivity contribution in [3.63, 3.8) is 0 Å². The van der Waals surface area contributed by atoms with Gasteiger partial charge in [0.2, 0.25) is 5.95 Å². The molecule has 0 amide bonds. The number of ether oxygens (including phenoxy) is 1. The lowest BCUT2D eigenvalue weighted by molar-refractivity contribution is 0.0601. The monoisotopic (exact) mass is 287 g/mol. The summed E-state index contributed by atoms with van der Waals surface area (Å²) in [5.41, 5.74) is 2.32. The molecule has 1 aromatic carbocycles. The van der Waals surface area contributed by atoms with Crippen molar-refractivity contribution in [3.05, 3.63) is 36.4 Å². The minimum absolute atomic E-state index is 0.347. The summed E-state index contributed by atoms with van der Waals surface area (Å²) in [6, 6.07) is 5.46. The topological polar surface area (TPSA) is 56.1 Å². The van der Waals surface area contributed by atoms with Crippen LogP contribution >= 0.6 is 0 Å². The molecule has 5 heteroatoms. The molecule has 0 saturated carbocycles. The molecule has 0 aliphatic heterocycles. The van der Waals surface area contributed by atoms with Crippen LogP contribution in [-0.4, -0.2) is 29.2 Å². The fourth-order valence-corrected chi connectivity index (χ4v) is 2.22. The van der Waals surface area contributed by atoms with E-state index in [1.165, 1.54) is 7.11 Å². The predicted octanol–water partition coefficient (Wildman–Crippen LogP) is 3.22. The zero-order valence-corrected chi connectivity index (χ0v) is 12.6. The Labute approximate surface area is 124 Å². The third kappa shape index (κ3) is 3.24. The lowest BCUT2D eigenvalue weighted by Crippen LogP contribution is -2.07. The number of nitrogens with one attached hydrogen (secondary N) is 1. The molecule has 21 heavy (non-hydrogen) atoms. The lowest BCUT2D eigenvalue weighted by Gasteiger charge is -2.09. The van der Waals surface area contributed by atoms with Gasteiger partial charge in [-0.2, -0.15) is 0 Å². The van der Waals surface area contributed by atoms with Crippen LogP contribution < -0.4 is 5.32 Å². The molecule has 1 N–H and O–H groups in total. The van der Waals surface area contributed by atoms with Crippen LogP contribution in [0.5, 0.6) is 0 Å². The van der Waals surface area contributed by atoms with Gasteiger partial charge >= 0.3 is 5.97 Å². The van der Waals surface area contributed by atoms with Crippen molar-refractivity contribution in [1.29, 1.82) is 0 Å². The van der Waals surface area contributed by atoms with Gasteiger partial charge in [-0.1, -0.05) is 19.4 Å². The Bertz CT molecular complexity index is 646. The Kier molecular flexibility index (Phi) is 4.98. The molecule has 2 aromatic rings.